The molecule has 0 bridgehead atoms. The van der Waals surface area contributed by atoms with Crippen LogP contribution in [-0.2, 0) is 11.3 Å². The molecular formula is C17H19NO. The minimum Gasteiger partial charge on any atom is -0.334 e. The molecule has 2 aromatic carbocycles. The Kier molecular flexibility index (Phi) is 4.35. The van der Waals surface area contributed by atoms with Crippen LogP contribution >= 0.6 is 0 Å². The summed E-state index contributed by atoms with van der Waals surface area (Å²) in [6.45, 7) is 4.76. The van der Waals surface area contributed by atoms with Crippen LogP contribution in [0.2, 0.25) is 0 Å². The fourth-order valence-electron chi connectivity index (χ4n) is 2.09. The van der Waals surface area contributed by atoms with Crippen LogP contribution in [0.4, 0.5) is 0 Å². The third kappa shape index (κ3) is 3.44. The van der Waals surface area contributed by atoms with Crippen molar-refractivity contribution in [2.75, 3.05) is 0 Å². The quantitative estimate of drug-likeness (QED) is 0.744. The summed E-state index contributed by atoms with van der Waals surface area (Å²) in [6.07, 6.45) is 0.928. The molecule has 0 aliphatic heterocycles. The molecule has 2 aromatic rings. The first-order valence-electron chi connectivity index (χ1n) is 6.52. The lowest BCUT2D eigenvalue weighted by Crippen LogP contribution is -2.25. The van der Waals surface area contributed by atoms with Gasteiger partial charge in [-0.1, -0.05) is 60.2 Å². The van der Waals surface area contributed by atoms with Gasteiger partial charge < -0.3 is 4.90 Å². The van der Waals surface area contributed by atoms with Crippen molar-refractivity contribution in [2.45, 2.75) is 26.4 Å². The summed E-state index contributed by atoms with van der Waals surface area (Å²) >= 11 is 0. The summed E-state index contributed by atoms with van der Waals surface area (Å²) in [5, 5.41) is 0. The topological polar surface area (TPSA) is 20.3 Å². The zero-order valence-corrected chi connectivity index (χ0v) is 11.4. The molecule has 0 aromatic heterocycles. The minimum absolute atomic E-state index is 0.0833. The van der Waals surface area contributed by atoms with E-state index in [1.54, 1.807) is 0 Å². The van der Waals surface area contributed by atoms with E-state index in [0.29, 0.717) is 6.54 Å². The van der Waals surface area contributed by atoms with Gasteiger partial charge in [0.1, 0.15) is 0 Å². The van der Waals surface area contributed by atoms with Crippen molar-refractivity contribution in [3.8, 4) is 0 Å². The molecule has 1 amide bonds. The van der Waals surface area contributed by atoms with Gasteiger partial charge in [-0.15, -0.1) is 0 Å². The van der Waals surface area contributed by atoms with Crippen molar-refractivity contribution >= 4 is 6.41 Å². The summed E-state index contributed by atoms with van der Waals surface area (Å²) in [5.74, 6) is 0. The van der Waals surface area contributed by atoms with Crippen LogP contribution in [0.15, 0.2) is 54.6 Å². The SMILES string of the molecule is Cc1ccc(CN(C=O)C(C)c2ccccc2)cc1. The zero-order valence-electron chi connectivity index (χ0n) is 11.4. The number of hydrogen-bond acceptors (Lipinski definition) is 1. The van der Waals surface area contributed by atoms with Crippen molar-refractivity contribution in [3.05, 3.63) is 71.3 Å². The third-order valence-electron chi connectivity index (χ3n) is 3.40. The van der Waals surface area contributed by atoms with Crippen LogP contribution in [0.25, 0.3) is 0 Å². The van der Waals surface area contributed by atoms with Gasteiger partial charge in [0.15, 0.2) is 0 Å². The number of aryl methyl sites for hydroxylation is 1. The van der Waals surface area contributed by atoms with E-state index in [4.69, 9.17) is 0 Å². The lowest BCUT2D eigenvalue weighted by molar-refractivity contribution is -0.120. The molecule has 98 valence electrons. The molecule has 19 heavy (non-hydrogen) atoms. The van der Waals surface area contributed by atoms with Gasteiger partial charge >= 0.3 is 0 Å². The highest BCUT2D eigenvalue weighted by atomic mass is 16.1. The van der Waals surface area contributed by atoms with Gasteiger partial charge in [0.2, 0.25) is 6.41 Å². The van der Waals surface area contributed by atoms with Crippen molar-refractivity contribution < 1.29 is 4.79 Å². The van der Waals surface area contributed by atoms with Gasteiger partial charge in [0, 0.05) is 6.54 Å². The maximum atomic E-state index is 11.3. The number of rotatable bonds is 5. The Balaban J connectivity index is 2.12. The molecule has 0 heterocycles. The molecule has 0 saturated heterocycles. The molecule has 0 spiro atoms. The number of carbonyl (C=O) groups is 1. The first-order valence-corrected chi connectivity index (χ1v) is 6.52. The molecule has 0 aliphatic rings. The Morgan fingerprint density at radius 2 is 1.68 bits per heavy atom. The Labute approximate surface area is 114 Å². The van der Waals surface area contributed by atoms with E-state index in [1.807, 2.05) is 23.1 Å². The molecule has 0 aliphatic carbocycles. The van der Waals surface area contributed by atoms with Gasteiger partial charge in [-0.25, -0.2) is 0 Å². The van der Waals surface area contributed by atoms with Crippen LogP contribution < -0.4 is 0 Å². The largest absolute Gasteiger partial charge is 0.334 e. The van der Waals surface area contributed by atoms with Crippen LogP contribution in [0, 0.1) is 6.92 Å². The molecule has 0 radical (unpaired) electrons. The monoisotopic (exact) mass is 253 g/mol. The van der Waals surface area contributed by atoms with Crippen LogP contribution in [0.5, 0.6) is 0 Å². The lowest BCUT2D eigenvalue weighted by Gasteiger charge is -2.25. The van der Waals surface area contributed by atoms with Crippen molar-refractivity contribution in [1.29, 1.82) is 0 Å². The second-order valence-electron chi connectivity index (χ2n) is 4.85. The van der Waals surface area contributed by atoms with Gasteiger partial charge in [0.05, 0.1) is 6.04 Å². The molecule has 2 nitrogen and oxygen atoms in total. The Morgan fingerprint density at radius 3 is 2.26 bits per heavy atom. The minimum atomic E-state index is 0.0833. The van der Waals surface area contributed by atoms with E-state index < -0.39 is 0 Å². The zero-order chi connectivity index (χ0) is 13.7. The molecule has 0 fully saturated rings. The molecule has 2 heteroatoms. The smallest absolute Gasteiger partial charge is 0.210 e. The fourth-order valence-corrected chi connectivity index (χ4v) is 2.09. The highest BCUT2D eigenvalue weighted by Crippen LogP contribution is 2.20. The van der Waals surface area contributed by atoms with Gasteiger partial charge in [0.25, 0.3) is 0 Å². The molecule has 2 rings (SSSR count). The first kappa shape index (κ1) is 13.3. The number of hydrogen-bond donors (Lipinski definition) is 0. The number of benzene rings is 2. The third-order valence-corrected chi connectivity index (χ3v) is 3.40. The number of carbonyl (C=O) groups excluding carboxylic acids is 1. The second kappa shape index (κ2) is 6.19. The number of nitrogens with zero attached hydrogens (tertiary/aromatic N) is 1. The lowest BCUT2D eigenvalue weighted by atomic mass is 10.1. The predicted octanol–water partition coefficient (Wildman–Crippen LogP) is 3.71. The normalized spacial score (nSPS) is 11.9. The van der Waals surface area contributed by atoms with Gasteiger partial charge in [-0.2, -0.15) is 0 Å². The van der Waals surface area contributed by atoms with Crippen molar-refractivity contribution in [2.24, 2.45) is 0 Å². The van der Waals surface area contributed by atoms with E-state index >= 15 is 0 Å². The first-order chi connectivity index (χ1) is 9.20. The predicted molar refractivity (Wildman–Crippen MR) is 77.6 cm³/mol. The molecular weight excluding hydrogens is 234 g/mol. The highest BCUT2D eigenvalue weighted by Gasteiger charge is 2.13. The summed E-state index contributed by atoms with van der Waals surface area (Å²) in [5.41, 5.74) is 3.54. The van der Waals surface area contributed by atoms with E-state index in [2.05, 4.69) is 50.2 Å². The van der Waals surface area contributed by atoms with Crippen molar-refractivity contribution in [1.82, 2.24) is 4.90 Å². The Bertz CT molecular complexity index is 519. The summed E-state index contributed by atoms with van der Waals surface area (Å²) in [7, 11) is 0. The maximum Gasteiger partial charge on any atom is 0.210 e. The Morgan fingerprint density at radius 1 is 1.05 bits per heavy atom. The molecule has 1 unspecified atom stereocenters. The average molecular weight is 253 g/mol. The number of amides is 1. The van der Waals surface area contributed by atoms with E-state index in [9.17, 15) is 4.79 Å². The highest BCUT2D eigenvalue weighted by molar-refractivity contribution is 5.49. The van der Waals surface area contributed by atoms with Crippen LogP contribution in [0.1, 0.15) is 29.7 Å². The van der Waals surface area contributed by atoms with E-state index in [1.165, 1.54) is 5.56 Å². The van der Waals surface area contributed by atoms with Crippen LogP contribution in [-0.4, -0.2) is 11.3 Å². The Hall–Kier alpha value is -2.09. The van der Waals surface area contributed by atoms with E-state index in [-0.39, 0.29) is 6.04 Å². The summed E-state index contributed by atoms with van der Waals surface area (Å²) < 4.78 is 0. The molecule has 0 saturated carbocycles. The van der Waals surface area contributed by atoms with Gasteiger partial charge in [-0.3, -0.25) is 4.79 Å². The average Bonchev–Trinajstić information content (AvgIpc) is 2.47. The molecule has 0 N–H and O–H groups in total. The summed E-state index contributed by atoms with van der Waals surface area (Å²) in [6, 6.07) is 18.5. The van der Waals surface area contributed by atoms with Crippen molar-refractivity contribution in [3.63, 3.8) is 0 Å². The fraction of sp³-hybridized carbons (Fsp3) is 0.235. The molecule has 1 atom stereocenters. The van der Waals surface area contributed by atoms with Crippen LogP contribution in [0.3, 0.4) is 0 Å². The second-order valence-corrected chi connectivity index (χ2v) is 4.85. The summed E-state index contributed by atoms with van der Waals surface area (Å²) in [4.78, 5) is 13.1. The van der Waals surface area contributed by atoms with Gasteiger partial charge in [-0.05, 0) is 25.0 Å². The maximum absolute atomic E-state index is 11.3. The standard InChI is InChI=1S/C17H19NO/c1-14-8-10-16(11-9-14)12-18(13-19)15(2)17-6-4-3-5-7-17/h3-11,13,15H,12H2,1-2H3. The van der Waals surface area contributed by atoms with E-state index in [0.717, 1.165) is 17.5 Å².